The van der Waals surface area contributed by atoms with Gasteiger partial charge in [-0.1, -0.05) is 18.2 Å². The first kappa shape index (κ1) is 19.4. The van der Waals surface area contributed by atoms with E-state index < -0.39 is 0 Å². The molecule has 0 aromatic carbocycles. The lowest BCUT2D eigenvalue weighted by Gasteiger charge is -2.11. The molecule has 0 radical (unpaired) electrons. The molecule has 0 saturated carbocycles. The Kier molecular flexibility index (Phi) is 5.31. The summed E-state index contributed by atoms with van der Waals surface area (Å²) in [5, 5.41) is 0. The molecule has 0 aliphatic heterocycles. The number of furan rings is 1. The highest BCUT2D eigenvalue weighted by Gasteiger charge is 2.18. The van der Waals surface area contributed by atoms with Gasteiger partial charge in [-0.05, 0) is 25.5 Å². The van der Waals surface area contributed by atoms with Crippen LogP contribution in [0.3, 0.4) is 0 Å². The maximum atomic E-state index is 12.2. The summed E-state index contributed by atoms with van der Waals surface area (Å²) in [6.07, 6.45) is 5.34. The van der Waals surface area contributed by atoms with E-state index in [1.807, 2.05) is 32.1 Å². The third-order valence-corrected chi connectivity index (χ3v) is 4.28. The minimum atomic E-state index is -0.195. The van der Waals surface area contributed by atoms with Crippen LogP contribution in [-0.2, 0) is 0 Å². The van der Waals surface area contributed by atoms with Gasteiger partial charge in [-0.2, -0.15) is 0 Å². The van der Waals surface area contributed by atoms with Crippen LogP contribution in [0.4, 0.5) is 0 Å². The molecule has 0 aliphatic carbocycles. The number of amides is 1. The number of aromatic nitrogens is 2. The number of methoxy groups -OCH3 is 1. The minimum Gasteiger partial charge on any atom is -0.496 e. The maximum absolute atomic E-state index is 12.2. The molecule has 0 fully saturated rings. The van der Waals surface area contributed by atoms with Crippen molar-refractivity contribution < 1.29 is 13.9 Å². The van der Waals surface area contributed by atoms with E-state index in [0.717, 1.165) is 22.2 Å². The monoisotopic (exact) mass is 377 g/mol. The Labute approximate surface area is 164 Å². The third-order valence-electron chi connectivity index (χ3n) is 4.28. The van der Waals surface area contributed by atoms with Crippen LogP contribution in [0, 0.1) is 0 Å². The van der Waals surface area contributed by atoms with Gasteiger partial charge in [-0.15, -0.1) is 0 Å². The fraction of sp³-hybridized carbons (Fsp3) is 0.227. The second kappa shape index (κ2) is 7.68. The van der Waals surface area contributed by atoms with Crippen LogP contribution >= 0.6 is 0 Å². The molecule has 6 heteroatoms. The van der Waals surface area contributed by atoms with Crippen molar-refractivity contribution in [3.8, 4) is 17.1 Å². The van der Waals surface area contributed by atoms with Crippen molar-refractivity contribution in [2.45, 2.75) is 13.8 Å². The molecule has 0 N–H and O–H groups in total. The fourth-order valence-electron chi connectivity index (χ4n) is 2.97. The van der Waals surface area contributed by atoms with Gasteiger partial charge in [0.2, 0.25) is 0 Å². The average Bonchev–Trinajstić information content (AvgIpc) is 3.10. The smallest absolute Gasteiger partial charge is 0.272 e. The summed E-state index contributed by atoms with van der Waals surface area (Å²) in [5.41, 5.74) is 5.33. The van der Waals surface area contributed by atoms with Crippen LogP contribution in [0.1, 0.15) is 29.9 Å². The van der Waals surface area contributed by atoms with Crippen molar-refractivity contribution in [1.82, 2.24) is 14.9 Å². The van der Waals surface area contributed by atoms with E-state index in [0.29, 0.717) is 28.4 Å². The van der Waals surface area contributed by atoms with Gasteiger partial charge in [0.15, 0.2) is 5.58 Å². The van der Waals surface area contributed by atoms with Gasteiger partial charge < -0.3 is 14.1 Å². The number of fused-ring (bicyclic) bond motifs is 1. The summed E-state index contributed by atoms with van der Waals surface area (Å²) >= 11 is 0. The quantitative estimate of drug-likeness (QED) is 0.609. The second-order valence-corrected chi connectivity index (χ2v) is 6.83. The lowest BCUT2D eigenvalue weighted by atomic mass is 10.1. The molecule has 0 bridgehead atoms. The Bertz CT molecular complexity index is 1090. The Morgan fingerprint density at radius 2 is 2.00 bits per heavy atom. The van der Waals surface area contributed by atoms with Gasteiger partial charge in [0.05, 0.1) is 12.7 Å². The topological polar surface area (TPSA) is 68.5 Å². The Morgan fingerprint density at radius 3 is 2.64 bits per heavy atom. The number of hydrogen-bond acceptors (Lipinski definition) is 5. The summed E-state index contributed by atoms with van der Waals surface area (Å²) in [7, 11) is 4.91. The standard InChI is InChI=1S/C22H23N3O3/c1-13(2)9-14(3)15-7-8-23-17-10-20(28-21(15)17)16-12-24-18(11-19(16)27-6)22(26)25(4)5/h7-12H,1H2,2-6H3/b14-9+. The number of pyridine rings is 2. The van der Waals surface area contributed by atoms with Crippen LogP contribution in [-0.4, -0.2) is 42.0 Å². The summed E-state index contributed by atoms with van der Waals surface area (Å²) < 4.78 is 11.6. The molecular formula is C22H23N3O3. The van der Waals surface area contributed by atoms with E-state index in [-0.39, 0.29) is 5.91 Å². The number of rotatable bonds is 5. The molecule has 144 valence electrons. The predicted molar refractivity (Wildman–Crippen MR) is 110 cm³/mol. The number of hydrogen-bond donors (Lipinski definition) is 0. The fourth-order valence-corrected chi connectivity index (χ4v) is 2.97. The molecule has 28 heavy (non-hydrogen) atoms. The Balaban J connectivity index is 2.12. The van der Waals surface area contributed by atoms with Crippen LogP contribution in [0.25, 0.3) is 28.0 Å². The van der Waals surface area contributed by atoms with Gasteiger partial charge in [0.25, 0.3) is 5.91 Å². The zero-order valence-electron chi connectivity index (χ0n) is 16.7. The van der Waals surface area contributed by atoms with Crippen LogP contribution in [0.15, 0.2) is 53.2 Å². The molecule has 0 unspecified atom stereocenters. The highest BCUT2D eigenvalue weighted by molar-refractivity contribution is 5.94. The van der Waals surface area contributed by atoms with Gasteiger partial charge in [-0.3, -0.25) is 14.8 Å². The van der Waals surface area contributed by atoms with Gasteiger partial charge >= 0.3 is 0 Å². The van der Waals surface area contributed by atoms with Gasteiger partial charge in [0, 0.05) is 44.2 Å². The number of nitrogens with zero attached hydrogens (tertiary/aromatic N) is 3. The highest BCUT2D eigenvalue weighted by atomic mass is 16.5. The summed E-state index contributed by atoms with van der Waals surface area (Å²) in [6.45, 7) is 7.89. The largest absolute Gasteiger partial charge is 0.496 e. The Hall–Kier alpha value is -3.41. The SMILES string of the molecule is C=C(C)/C=C(\C)c1ccnc2cc(-c3cnc(C(=O)N(C)C)cc3OC)oc12. The number of ether oxygens (including phenoxy) is 1. The summed E-state index contributed by atoms with van der Waals surface area (Å²) in [6, 6.07) is 5.38. The molecule has 1 amide bonds. The lowest BCUT2D eigenvalue weighted by molar-refractivity contribution is 0.0821. The molecule has 0 atom stereocenters. The first-order valence-corrected chi connectivity index (χ1v) is 8.80. The molecule has 6 nitrogen and oxygen atoms in total. The molecule has 0 aliphatic rings. The zero-order chi connectivity index (χ0) is 20.4. The van der Waals surface area contributed by atoms with Crippen LogP contribution in [0.5, 0.6) is 5.75 Å². The van der Waals surface area contributed by atoms with Crippen molar-refractivity contribution in [1.29, 1.82) is 0 Å². The molecular weight excluding hydrogens is 354 g/mol. The van der Waals surface area contributed by atoms with E-state index >= 15 is 0 Å². The summed E-state index contributed by atoms with van der Waals surface area (Å²) in [4.78, 5) is 22.3. The van der Waals surface area contributed by atoms with E-state index in [1.54, 1.807) is 39.7 Å². The van der Waals surface area contributed by atoms with E-state index in [2.05, 4.69) is 16.5 Å². The van der Waals surface area contributed by atoms with E-state index in [1.165, 1.54) is 4.90 Å². The molecule has 0 saturated heterocycles. The molecule has 0 spiro atoms. The lowest BCUT2D eigenvalue weighted by Crippen LogP contribution is -2.22. The van der Waals surface area contributed by atoms with Gasteiger partial charge in [0.1, 0.15) is 22.7 Å². The number of allylic oxidation sites excluding steroid dienone is 3. The van der Waals surface area contributed by atoms with Crippen molar-refractivity contribution in [3.63, 3.8) is 0 Å². The first-order valence-electron chi connectivity index (χ1n) is 8.80. The molecule has 3 aromatic heterocycles. The molecule has 3 rings (SSSR count). The average molecular weight is 377 g/mol. The summed E-state index contributed by atoms with van der Waals surface area (Å²) in [5.74, 6) is 0.889. The van der Waals surface area contributed by atoms with Crippen molar-refractivity contribution in [2.24, 2.45) is 0 Å². The molecule has 3 aromatic rings. The second-order valence-electron chi connectivity index (χ2n) is 6.83. The normalized spacial score (nSPS) is 11.5. The maximum Gasteiger partial charge on any atom is 0.272 e. The van der Waals surface area contributed by atoms with Crippen LogP contribution in [0.2, 0.25) is 0 Å². The van der Waals surface area contributed by atoms with Crippen molar-refractivity contribution in [2.75, 3.05) is 21.2 Å². The van der Waals surface area contributed by atoms with Crippen molar-refractivity contribution in [3.05, 3.63) is 60.1 Å². The van der Waals surface area contributed by atoms with Gasteiger partial charge in [-0.25, -0.2) is 0 Å². The minimum absolute atomic E-state index is 0.195. The zero-order valence-corrected chi connectivity index (χ0v) is 16.7. The number of carbonyl (C=O) groups is 1. The van der Waals surface area contributed by atoms with E-state index in [9.17, 15) is 4.79 Å². The Morgan fingerprint density at radius 1 is 1.25 bits per heavy atom. The van der Waals surface area contributed by atoms with Crippen LogP contribution < -0.4 is 4.74 Å². The first-order chi connectivity index (χ1) is 13.3. The number of carbonyl (C=O) groups excluding carboxylic acids is 1. The predicted octanol–water partition coefficient (Wildman–Crippen LogP) is 4.58. The third kappa shape index (κ3) is 3.67. The molecule has 3 heterocycles. The van der Waals surface area contributed by atoms with Crippen molar-refractivity contribution >= 4 is 22.6 Å². The highest BCUT2D eigenvalue weighted by Crippen LogP contribution is 2.36. The van der Waals surface area contributed by atoms with E-state index in [4.69, 9.17) is 9.15 Å².